The smallest absolute Gasteiger partial charge is 0.414 e. The summed E-state index contributed by atoms with van der Waals surface area (Å²) in [4.78, 5) is 37.2. The molecule has 1 amide bonds. The molecule has 1 aromatic rings. The third-order valence-corrected chi connectivity index (χ3v) is 6.69. The lowest BCUT2D eigenvalue weighted by Gasteiger charge is -2.28. The molecule has 0 bridgehead atoms. The quantitative estimate of drug-likeness (QED) is 0.625. The Hall–Kier alpha value is -2.08. The standard InChI is InChI=1S/C18H26N2O4S.C2H2O4/c1-13-19-16(9-25-13)17(21)20-6-15-8-24-12-18(15,10-20)11-23-7-14-2-4-22-5-3-14;3-1(4)2(5)6/h9,14-15H,2-8,10-12H2,1H3;(H,3,4)(H,5,6)/t15-,18-;/m1./s1. The number of hydrogen-bond donors (Lipinski definition) is 2. The first-order valence-electron chi connectivity index (χ1n) is 10.2. The number of fused-ring (bicyclic) bond motifs is 1. The Bertz CT molecular complexity index is 782. The molecule has 3 aliphatic heterocycles. The highest BCUT2D eigenvalue weighted by atomic mass is 32.1. The number of hydrogen-bond acceptors (Lipinski definition) is 8. The number of carbonyl (C=O) groups is 3. The molecule has 172 valence electrons. The van der Waals surface area contributed by atoms with E-state index in [9.17, 15) is 4.79 Å². The number of amides is 1. The van der Waals surface area contributed by atoms with Crippen molar-refractivity contribution in [1.29, 1.82) is 0 Å². The lowest BCUT2D eigenvalue weighted by atomic mass is 9.82. The van der Waals surface area contributed by atoms with Crippen molar-refractivity contribution in [3.05, 3.63) is 16.1 Å². The number of aryl methyl sites for hydroxylation is 1. The fourth-order valence-electron chi connectivity index (χ4n) is 4.16. The van der Waals surface area contributed by atoms with E-state index in [-0.39, 0.29) is 11.3 Å². The number of likely N-dealkylation sites (tertiary alicyclic amines) is 1. The van der Waals surface area contributed by atoms with Gasteiger partial charge in [0.1, 0.15) is 5.69 Å². The Labute approximate surface area is 184 Å². The van der Waals surface area contributed by atoms with Crippen molar-refractivity contribution in [2.75, 3.05) is 52.7 Å². The van der Waals surface area contributed by atoms with Crippen LogP contribution in [-0.4, -0.2) is 90.7 Å². The molecule has 11 heteroatoms. The van der Waals surface area contributed by atoms with Crippen molar-refractivity contribution < 1.29 is 38.8 Å². The van der Waals surface area contributed by atoms with E-state index in [1.54, 1.807) is 0 Å². The first-order chi connectivity index (χ1) is 14.8. The maximum absolute atomic E-state index is 12.7. The molecule has 4 heterocycles. The van der Waals surface area contributed by atoms with E-state index < -0.39 is 11.9 Å². The van der Waals surface area contributed by atoms with Crippen LogP contribution in [0.25, 0.3) is 0 Å². The minimum atomic E-state index is -1.82. The van der Waals surface area contributed by atoms with Crippen LogP contribution in [-0.2, 0) is 23.8 Å². The summed E-state index contributed by atoms with van der Waals surface area (Å²) in [6.07, 6.45) is 2.17. The van der Waals surface area contributed by atoms with Crippen LogP contribution in [0.5, 0.6) is 0 Å². The van der Waals surface area contributed by atoms with Gasteiger partial charge in [0.2, 0.25) is 0 Å². The summed E-state index contributed by atoms with van der Waals surface area (Å²) >= 11 is 1.52. The van der Waals surface area contributed by atoms with Crippen LogP contribution in [0.15, 0.2) is 5.38 Å². The first kappa shape index (κ1) is 23.6. The predicted octanol–water partition coefficient (Wildman–Crippen LogP) is 1.14. The van der Waals surface area contributed by atoms with Crippen LogP contribution < -0.4 is 0 Å². The van der Waals surface area contributed by atoms with Crippen molar-refractivity contribution >= 4 is 29.2 Å². The fourth-order valence-corrected chi connectivity index (χ4v) is 4.74. The van der Waals surface area contributed by atoms with Crippen molar-refractivity contribution in [3.8, 4) is 0 Å². The summed E-state index contributed by atoms with van der Waals surface area (Å²) in [7, 11) is 0. The molecule has 0 aliphatic carbocycles. The number of aliphatic carboxylic acids is 2. The van der Waals surface area contributed by atoms with Crippen molar-refractivity contribution in [2.24, 2.45) is 17.3 Å². The summed E-state index contributed by atoms with van der Waals surface area (Å²) in [5.74, 6) is -2.64. The summed E-state index contributed by atoms with van der Waals surface area (Å²) in [6.45, 7) is 7.95. The first-order valence-corrected chi connectivity index (χ1v) is 11.1. The second-order valence-corrected chi connectivity index (χ2v) is 9.26. The highest BCUT2D eigenvalue weighted by molar-refractivity contribution is 7.09. The highest BCUT2D eigenvalue weighted by Crippen LogP contribution is 2.42. The largest absolute Gasteiger partial charge is 0.473 e. The topological polar surface area (TPSA) is 135 Å². The van der Waals surface area contributed by atoms with Gasteiger partial charge in [-0.25, -0.2) is 14.6 Å². The van der Waals surface area contributed by atoms with E-state index in [1.807, 2.05) is 17.2 Å². The SMILES string of the molecule is Cc1nc(C(=O)N2C[C@@H]3COC[C@]3(COCC3CCOCC3)C2)cs1.O=C(O)C(=O)O. The number of carboxylic acid groups (broad SMARTS) is 2. The fraction of sp³-hybridized carbons (Fsp3) is 0.700. The summed E-state index contributed by atoms with van der Waals surface area (Å²) in [5.41, 5.74) is 0.521. The van der Waals surface area contributed by atoms with Crippen molar-refractivity contribution in [1.82, 2.24) is 9.88 Å². The van der Waals surface area contributed by atoms with Gasteiger partial charge in [0, 0.05) is 49.6 Å². The van der Waals surface area contributed by atoms with Gasteiger partial charge in [-0.05, 0) is 25.7 Å². The number of rotatable bonds is 5. The molecular weight excluding hydrogens is 428 g/mol. The van der Waals surface area contributed by atoms with Gasteiger partial charge in [-0.3, -0.25) is 4.79 Å². The van der Waals surface area contributed by atoms with Gasteiger partial charge in [0.25, 0.3) is 5.91 Å². The van der Waals surface area contributed by atoms with E-state index in [1.165, 1.54) is 11.3 Å². The van der Waals surface area contributed by atoms with Crippen LogP contribution in [0, 0.1) is 24.2 Å². The summed E-state index contributed by atoms with van der Waals surface area (Å²) in [6, 6.07) is 0. The molecule has 3 saturated heterocycles. The highest BCUT2D eigenvalue weighted by Gasteiger charge is 2.52. The summed E-state index contributed by atoms with van der Waals surface area (Å²) in [5, 5.41) is 17.6. The van der Waals surface area contributed by atoms with Gasteiger partial charge < -0.3 is 29.3 Å². The maximum Gasteiger partial charge on any atom is 0.414 e. The Balaban J connectivity index is 0.000000401. The molecule has 2 atom stereocenters. The molecule has 4 rings (SSSR count). The maximum atomic E-state index is 12.7. The van der Waals surface area contributed by atoms with Crippen LogP contribution in [0.4, 0.5) is 0 Å². The average Bonchev–Trinajstić information content (AvgIpc) is 3.43. The normalized spacial score (nSPS) is 25.6. The van der Waals surface area contributed by atoms with E-state index >= 15 is 0 Å². The van der Waals surface area contributed by atoms with Gasteiger partial charge in [0.05, 0.1) is 24.8 Å². The number of carbonyl (C=O) groups excluding carboxylic acids is 1. The molecular formula is C20H28N2O8S. The van der Waals surface area contributed by atoms with Crippen LogP contribution in [0.1, 0.15) is 28.3 Å². The molecule has 0 saturated carbocycles. The van der Waals surface area contributed by atoms with Crippen LogP contribution in [0.2, 0.25) is 0 Å². The Morgan fingerprint density at radius 2 is 1.97 bits per heavy atom. The Kier molecular flexibility index (Phi) is 7.98. The molecule has 3 aliphatic rings. The van der Waals surface area contributed by atoms with E-state index in [4.69, 9.17) is 34.0 Å². The number of nitrogens with zero attached hydrogens (tertiary/aromatic N) is 2. The van der Waals surface area contributed by atoms with Gasteiger partial charge in [-0.1, -0.05) is 0 Å². The molecule has 10 nitrogen and oxygen atoms in total. The Morgan fingerprint density at radius 1 is 1.26 bits per heavy atom. The molecule has 2 N–H and O–H groups in total. The lowest BCUT2D eigenvalue weighted by Crippen LogP contribution is -2.38. The molecule has 31 heavy (non-hydrogen) atoms. The van der Waals surface area contributed by atoms with E-state index in [0.29, 0.717) is 37.3 Å². The molecule has 0 aromatic carbocycles. The lowest BCUT2D eigenvalue weighted by molar-refractivity contribution is -0.159. The van der Waals surface area contributed by atoms with Crippen molar-refractivity contribution in [3.63, 3.8) is 0 Å². The third kappa shape index (κ3) is 6.00. The van der Waals surface area contributed by atoms with E-state index in [0.717, 1.165) is 50.8 Å². The van der Waals surface area contributed by atoms with Gasteiger partial charge in [-0.15, -0.1) is 11.3 Å². The molecule has 1 aromatic heterocycles. The minimum Gasteiger partial charge on any atom is -0.473 e. The van der Waals surface area contributed by atoms with Crippen LogP contribution >= 0.6 is 11.3 Å². The zero-order valence-electron chi connectivity index (χ0n) is 17.4. The number of aromatic nitrogens is 1. The van der Waals surface area contributed by atoms with Gasteiger partial charge >= 0.3 is 11.9 Å². The number of thiazole rings is 1. The molecule has 0 spiro atoms. The molecule has 0 unspecified atom stereocenters. The zero-order chi connectivity index (χ0) is 22.4. The monoisotopic (exact) mass is 456 g/mol. The average molecular weight is 457 g/mol. The molecule has 3 fully saturated rings. The second kappa shape index (κ2) is 10.5. The van der Waals surface area contributed by atoms with E-state index in [2.05, 4.69) is 4.98 Å². The van der Waals surface area contributed by atoms with Crippen LogP contribution in [0.3, 0.4) is 0 Å². The third-order valence-electron chi connectivity index (χ3n) is 5.91. The second-order valence-electron chi connectivity index (χ2n) is 8.19. The Morgan fingerprint density at radius 3 is 2.58 bits per heavy atom. The molecule has 0 radical (unpaired) electrons. The predicted molar refractivity (Wildman–Crippen MR) is 109 cm³/mol. The zero-order valence-corrected chi connectivity index (χ0v) is 18.3. The minimum absolute atomic E-state index is 0.0440. The number of carboxylic acids is 2. The van der Waals surface area contributed by atoms with Gasteiger partial charge in [0.15, 0.2) is 0 Å². The summed E-state index contributed by atoms with van der Waals surface area (Å²) < 4.78 is 17.3. The van der Waals surface area contributed by atoms with Gasteiger partial charge in [-0.2, -0.15) is 0 Å². The van der Waals surface area contributed by atoms with Crippen molar-refractivity contribution in [2.45, 2.75) is 19.8 Å². The number of ether oxygens (including phenoxy) is 3.